The average molecular weight is 489 g/mol. The van der Waals surface area contributed by atoms with Gasteiger partial charge in [-0.2, -0.15) is 0 Å². The quantitative estimate of drug-likeness (QED) is 0.420. The van der Waals surface area contributed by atoms with Gasteiger partial charge in [-0.3, -0.25) is 4.72 Å². The van der Waals surface area contributed by atoms with Crippen LogP contribution in [0.15, 0.2) is 77.7 Å². The number of ether oxygens (including phenoxy) is 2. The SMILES string of the molecule is CC(C)c1ccc(NS(=O)(=O)c2ccc3c(c2)[C@H]2C=CC[C@H]2[C@@H](c2ccc4c(c2)OCO4)N3)cc1. The number of sulfonamides is 1. The second-order valence-corrected chi connectivity index (χ2v) is 11.4. The molecule has 0 saturated carbocycles. The maximum absolute atomic E-state index is 13.2. The van der Waals surface area contributed by atoms with Crippen molar-refractivity contribution in [1.29, 1.82) is 0 Å². The number of nitrogens with one attached hydrogen (secondary N) is 2. The summed E-state index contributed by atoms with van der Waals surface area (Å²) in [5.74, 6) is 2.36. The third-order valence-electron chi connectivity index (χ3n) is 7.23. The number of benzene rings is 3. The van der Waals surface area contributed by atoms with Crippen LogP contribution in [0, 0.1) is 5.92 Å². The van der Waals surface area contributed by atoms with Gasteiger partial charge in [-0.25, -0.2) is 8.42 Å². The molecule has 0 unspecified atom stereocenters. The van der Waals surface area contributed by atoms with Crippen LogP contribution in [0.4, 0.5) is 11.4 Å². The second kappa shape index (κ2) is 8.34. The van der Waals surface area contributed by atoms with Crippen molar-refractivity contribution >= 4 is 21.4 Å². The van der Waals surface area contributed by atoms with Crippen molar-refractivity contribution in [2.75, 3.05) is 16.8 Å². The van der Waals surface area contributed by atoms with Crippen LogP contribution in [0.25, 0.3) is 0 Å². The maximum atomic E-state index is 13.2. The van der Waals surface area contributed by atoms with Gasteiger partial charge in [0.15, 0.2) is 11.5 Å². The highest BCUT2D eigenvalue weighted by atomic mass is 32.2. The molecular weight excluding hydrogens is 460 g/mol. The van der Waals surface area contributed by atoms with E-state index >= 15 is 0 Å². The van der Waals surface area contributed by atoms with Gasteiger partial charge in [0.25, 0.3) is 10.0 Å². The monoisotopic (exact) mass is 488 g/mol. The largest absolute Gasteiger partial charge is 0.454 e. The van der Waals surface area contributed by atoms with E-state index in [1.165, 1.54) is 5.56 Å². The minimum Gasteiger partial charge on any atom is -0.454 e. The van der Waals surface area contributed by atoms with E-state index in [0.717, 1.165) is 34.7 Å². The molecule has 1 aliphatic carbocycles. The second-order valence-electron chi connectivity index (χ2n) is 9.72. The Balaban J connectivity index is 1.29. The molecule has 35 heavy (non-hydrogen) atoms. The smallest absolute Gasteiger partial charge is 0.261 e. The van der Waals surface area contributed by atoms with Gasteiger partial charge in [-0.15, -0.1) is 0 Å². The summed E-state index contributed by atoms with van der Waals surface area (Å²) in [6.07, 6.45) is 5.33. The number of rotatable bonds is 5. The molecule has 2 aliphatic heterocycles. The van der Waals surface area contributed by atoms with E-state index in [2.05, 4.69) is 42.1 Å². The molecule has 0 radical (unpaired) electrons. The molecule has 180 valence electrons. The fourth-order valence-electron chi connectivity index (χ4n) is 5.33. The van der Waals surface area contributed by atoms with Gasteiger partial charge in [-0.05, 0) is 77.4 Å². The molecule has 3 atom stereocenters. The van der Waals surface area contributed by atoms with Crippen LogP contribution in [-0.4, -0.2) is 15.2 Å². The lowest BCUT2D eigenvalue weighted by molar-refractivity contribution is 0.174. The van der Waals surface area contributed by atoms with E-state index in [1.54, 1.807) is 6.07 Å². The summed E-state index contributed by atoms with van der Waals surface area (Å²) in [5.41, 5.74) is 4.84. The number of hydrogen-bond donors (Lipinski definition) is 2. The summed E-state index contributed by atoms with van der Waals surface area (Å²) in [6.45, 7) is 4.48. The molecule has 6 nitrogen and oxygen atoms in total. The summed E-state index contributed by atoms with van der Waals surface area (Å²) in [6, 6.07) is 19.1. The Hall–Kier alpha value is -3.45. The molecule has 0 bridgehead atoms. The molecule has 3 aromatic carbocycles. The van der Waals surface area contributed by atoms with Gasteiger partial charge >= 0.3 is 0 Å². The number of anilines is 2. The Labute approximate surface area is 206 Å². The van der Waals surface area contributed by atoms with Crippen LogP contribution in [-0.2, 0) is 10.0 Å². The zero-order valence-corrected chi connectivity index (χ0v) is 20.5. The van der Waals surface area contributed by atoms with Crippen LogP contribution in [0.2, 0.25) is 0 Å². The third kappa shape index (κ3) is 3.93. The predicted octanol–water partition coefficient (Wildman–Crippen LogP) is 6.17. The number of hydrogen-bond acceptors (Lipinski definition) is 5. The lowest BCUT2D eigenvalue weighted by Crippen LogP contribution is -2.29. The Morgan fingerprint density at radius 3 is 2.57 bits per heavy atom. The highest BCUT2D eigenvalue weighted by Gasteiger charge is 2.39. The van der Waals surface area contributed by atoms with E-state index in [4.69, 9.17) is 9.47 Å². The molecular formula is C28H28N2O4S. The van der Waals surface area contributed by atoms with Crippen molar-refractivity contribution < 1.29 is 17.9 Å². The van der Waals surface area contributed by atoms with Crippen molar-refractivity contribution in [3.8, 4) is 11.5 Å². The van der Waals surface area contributed by atoms with Crippen LogP contribution < -0.4 is 19.5 Å². The summed E-state index contributed by atoms with van der Waals surface area (Å²) < 4.78 is 40.2. The predicted molar refractivity (Wildman–Crippen MR) is 137 cm³/mol. The minimum atomic E-state index is -3.71. The third-order valence-corrected chi connectivity index (χ3v) is 8.61. The molecule has 3 aromatic rings. The summed E-state index contributed by atoms with van der Waals surface area (Å²) in [4.78, 5) is 0.270. The molecule has 0 fully saturated rings. The molecule has 2 heterocycles. The first-order valence-electron chi connectivity index (χ1n) is 12.0. The Morgan fingerprint density at radius 2 is 1.77 bits per heavy atom. The molecule has 0 amide bonds. The average Bonchev–Trinajstić information content (AvgIpc) is 3.53. The molecule has 6 rings (SSSR count). The fraction of sp³-hybridized carbons (Fsp3) is 0.286. The number of allylic oxidation sites excluding steroid dienone is 2. The van der Waals surface area contributed by atoms with Gasteiger partial charge in [0, 0.05) is 17.3 Å². The highest BCUT2D eigenvalue weighted by molar-refractivity contribution is 7.92. The Bertz CT molecular complexity index is 1410. The van der Waals surface area contributed by atoms with E-state index in [1.807, 2.05) is 48.5 Å². The zero-order valence-electron chi connectivity index (χ0n) is 19.7. The van der Waals surface area contributed by atoms with Crippen molar-refractivity contribution in [2.45, 2.75) is 43.0 Å². The van der Waals surface area contributed by atoms with E-state index in [0.29, 0.717) is 11.6 Å². The van der Waals surface area contributed by atoms with Gasteiger partial charge in [0.2, 0.25) is 6.79 Å². The lowest BCUT2D eigenvalue weighted by Gasteiger charge is -2.37. The van der Waals surface area contributed by atoms with E-state index in [-0.39, 0.29) is 29.6 Å². The van der Waals surface area contributed by atoms with Gasteiger partial charge in [0.05, 0.1) is 10.9 Å². The first-order valence-corrected chi connectivity index (χ1v) is 13.5. The van der Waals surface area contributed by atoms with Crippen molar-refractivity contribution in [3.05, 3.63) is 89.5 Å². The van der Waals surface area contributed by atoms with E-state index < -0.39 is 10.0 Å². The lowest BCUT2D eigenvalue weighted by atomic mass is 9.77. The normalized spacial score (nSPS) is 22.0. The number of fused-ring (bicyclic) bond motifs is 4. The zero-order chi connectivity index (χ0) is 24.2. The summed E-state index contributed by atoms with van der Waals surface area (Å²) in [5, 5.41) is 3.67. The molecule has 7 heteroatoms. The van der Waals surface area contributed by atoms with Crippen molar-refractivity contribution in [1.82, 2.24) is 0 Å². The van der Waals surface area contributed by atoms with Gasteiger partial charge in [-0.1, -0.05) is 44.2 Å². The first kappa shape index (κ1) is 22.0. The van der Waals surface area contributed by atoms with Crippen LogP contribution in [0.5, 0.6) is 11.5 Å². The van der Waals surface area contributed by atoms with E-state index in [9.17, 15) is 8.42 Å². The highest BCUT2D eigenvalue weighted by Crippen LogP contribution is 2.51. The van der Waals surface area contributed by atoms with Crippen LogP contribution >= 0.6 is 0 Å². The first-order chi connectivity index (χ1) is 16.9. The summed E-state index contributed by atoms with van der Waals surface area (Å²) in [7, 11) is -3.71. The van der Waals surface area contributed by atoms with Crippen molar-refractivity contribution in [2.24, 2.45) is 5.92 Å². The van der Waals surface area contributed by atoms with Gasteiger partial charge < -0.3 is 14.8 Å². The van der Waals surface area contributed by atoms with Gasteiger partial charge in [0.1, 0.15) is 0 Å². The van der Waals surface area contributed by atoms with Crippen LogP contribution in [0.1, 0.15) is 54.8 Å². The standard InChI is InChI=1S/C28H28N2O4S/c1-17(2)18-6-9-20(10-7-18)30-35(31,32)21-11-12-25-24(15-21)22-4-3-5-23(22)28(29-25)19-8-13-26-27(14-19)34-16-33-26/h3-4,6-15,17,22-23,28-30H,5,16H2,1-2H3/t22-,23+,28+/m0/s1. The summed E-state index contributed by atoms with van der Waals surface area (Å²) >= 11 is 0. The topological polar surface area (TPSA) is 76.7 Å². The molecule has 0 saturated heterocycles. The Morgan fingerprint density at radius 1 is 0.971 bits per heavy atom. The Kier molecular flexibility index (Phi) is 5.25. The minimum absolute atomic E-state index is 0.0945. The molecule has 0 aromatic heterocycles. The molecule has 3 aliphatic rings. The fourth-order valence-corrected chi connectivity index (χ4v) is 6.42. The van der Waals surface area contributed by atoms with Crippen LogP contribution in [0.3, 0.4) is 0 Å². The maximum Gasteiger partial charge on any atom is 0.261 e. The molecule has 2 N–H and O–H groups in total. The molecule has 0 spiro atoms. The van der Waals surface area contributed by atoms with Crippen molar-refractivity contribution in [3.63, 3.8) is 0 Å².